The fraction of sp³-hybridized carbons (Fsp3) is 0.538. The largest absolute Gasteiger partial charge is 0.444 e. The lowest BCUT2D eigenvalue weighted by atomic mass is 9.71. The van der Waals surface area contributed by atoms with Crippen molar-refractivity contribution in [3.8, 4) is 17.3 Å². The highest BCUT2D eigenvalue weighted by molar-refractivity contribution is 5.68. The van der Waals surface area contributed by atoms with Crippen molar-refractivity contribution < 1.29 is 9.53 Å². The Kier molecular flexibility index (Phi) is 5.37. The molecule has 7 heteroatoms. The molecule has 0 N–H and O–H groups in total. The number of nitrogens with zero attached hydrogens (tertiary/aromatic N) is 5. The molecule has 1 aliphatic carbocycles. The van der Waals surface area contributed by atoms with Gasteiger partial charge in [-0.15, -0.1) is 0 Å². The van der Waals surface area contributed by atoms with Gasteiger partial charge in [0.15, 0.2) is 5.69 Å². The maximum Gasteiger partial charge on any atom is 0.410 e. The number of likely N-dealkylation sites (tertiary alicyclic amines) is 2. The molecule has 1 atom stereocenters. The van der Waals surface area contributed by atoms with Crippen molar-refractivity contribution in [2.45, 2.75) is 58.1 Å². The fourth-order valence-electron chi connectivity index (χ4n) is 5.51. The van der Waals surface area contributed by atoms with Crippen LogP contribution in [-0.2, 0) is 11.2 Å². The summed E-state index contributed by atoms with van der Waals surface area (Å²) in [6.07, 6.45) is 7.36. The summed E-state index contributed by atoms with van der Waals surface area (Å²) in [6, 6.07) is 9.11. The third kappa shape index (κ3) is 4.32. The summed E-state index contributed by atoms with van der Waals surface area (Å²) in [5.41, 5.74) is 4.93. The van der Waals surface area contributed by atoms with E-state index in [1.165, 1.54) is 17.3 Å². The quantitative estimate of drug-likeness (QED) is 0.684. The molecule has 1 spiro atoms. The average molecular weight is 446 g/mol. The van der Waals surface area contributed by atoms with Crippen LogP contribution in [0.3, 0.4) is 0 Å². The first-order valence-electron chi connectivity index (χ1n) is 11.8. The Bertz CT molecular complexity index is 1080. The van der Waals surface area contributed by atoms with E-state index in [-0.39, 0.29) is 6.09 Å². The predicted octanol–water partition coefficient (Wildman–Crippen LogP) is 4.34. The molecule has 2 aliphatic heterocycles. The number of carbonyl (C=O) groups excluding carboxylic acids is 1. The molecule has 1 aromatic carbocycles. The van der Waals surface area contributed by atoms with E-state index >= 15 is 0 Å². The Hall–Kier alpha value is -2.98. The molecule has 1 amide bonds. The van der Waals surface area contributed by atoms with Crippen LogP contribution in [0.15, 0.2) is 30.6 Å². The van der Waals surface area contributed by atoms with Gasteiger partial charge < -0.3 is 9.64 Å². The number of hydrogen-bond donors (Lipinski definition) is 0. The molecule has 0 saturated carbocycles. The van der Waals surface area contributed by atoms with Crippen LogP contribution in [-0.4, -0.2) is 57.6 Å². The van der Waals surface area contributed by atoms with E-state index in [2.05, 4.69) is 33.1 Å². The van der Waals surface area contributed by atoms with E-state index in [4.69, 9.17) is 10.00 Å². The standard InChI is InChI=1S/C26H31N5O2/c1-25(2,3)33-24(32)30-10-8-26(9-11-30)16-31(17-26)23-7-5-18-12-19(4-6-21(18)23)22-15-28-20(13-27)14-29-22/h4,6,12,14-15,23H,5,7-11,16-17H2,1-3H3. The Morgan fingerprint density at radius 2 is 1.94 bits per heavy atom. The summed E-state index contributed by atoms with van der Waals surface area (Å²) in [7, 11) is 0. The number of benzene rings is 1. The zero-order chi connectivity index (χ0) is 23.2. The van der Waals surface area contributed by atoms with Crippen LogP contribution in [0.1, 0.15) is 62.9 Å². The van der Waals surface area contributed by atoms with Crippen LogP contribution >= 0.6 is 0 Å². The Balaban J connectivity index is 1.19. The maximum absolute atomic E-state index is 12.4. The molecule has 2 saturated heterocycles. The van der Waals surface area contributed by atoms with Crippen LogP contribution in [0.4, 0.5) is 4.79 Å². The normalized spacial score (nSPS) is 21.9. The molecule has 2 fully saturated rings. The van der Waals surface area contributed by atoms with Gasteiger partial charge in [0.05, 0.1) is 18.1 Å². The third-order valence-corrected chi connectivity index (χ3v) is 7.24. The number of hydrogen-bond acceptors (Lipinski definition) is 6. The minimum absolute atomic E-state index is 0.180. The first-order valence-corrected chi connectivity index (χ1v) is 11.8. The van der Waals surface area contributed by atoms with Gasteiger partial charge in [0.1, 0.15) is 11.7 Å². The van der Waals surface area contributed by atoms with Crippen molar-refractivity contribution in [2.75, 3.05) is 26.2 Å². The first kappa shape index (κ1) is 21.8. The van der Waals surface area contributed by atoms with Crippen molar-refractivity contribution in [1.82, 2.24) is 19.8 Å². The average Bonchev–Trinajstić information content (AvgIpc) is 3.19. The van der Waals surface area contributed by atoms with Gasteiger partial charge in [0, 0.05) is 37.8 Å². The lowest BCUT2D eigenvalue weighted by Crippen LogP contribution is -2.61. The summed E-state index contributed by atoms with van der Waals surface area (Å²) in [5, 5.41) is 8.93. The van der Waals surface area contributed by atoms with Gasteiger partial charge in [0.2, 0.25) is 0 Å². The number of aryl methyl sites for hydroxylation is 1. The third-order valence-electron chi connectivity index (χ3n) is 7.24. The molecule has 1 aromatic heterocycles. The van der Waals surface area contributed by atoms with Gasteiger partial charge in [-0.1, -0.05) is 12.1 Å². The molecule has 7 nitrogen and oxygen atoms in total. The number of carbonyl (C=O) groups is 1. The molecular weight excluding hydrogens is 414 g/mol. The van der Waals surface area contributed by atoms with E-state index in [0.29, 0.717) is 17.2 Å². The molecule has 3 heterocycles. The number of amides is 1. The van der Waals surface area contributed by atoms with E-state index in [1.807, 2.05) is 31.7 Å². The van der Waals surface area contributed by atoms with Gasteiger partial charge in [-0.3, -0.25) is 9.88 Å². The number of rotatable bonds is 2. The van der Waals surface area contributed by atoms with Crippen LogP contribution in [0.25, 0.3) is 11.3 Å². The molecule has 33 heavy (non-hydrogen) atoms. The van der Waals surface area contributed by atoms with Crippen molar-refractivity contribution >= 4 is 6.09 Å². The highest BCUT2D eigenvalue weighted by atomic mass is 16.6. The summed E-state index contributed by atoms with van der Waals surface area (Å²) in [4.78, 5) is 25.4. The number of ether oxygens (including phenoxy) is 1. The van der Waals surface area contributed by atoms with E-state index in [9.17, 15) is 4.79 Å². The summed E-state index contributed by atoms with van der Waals surface area (Å²) < 4.78 is 5.55. The first-order chi connectivity index (χ1) is 15.8. The van der Waals surface area contributed by atoms with Crippen LogP contribution < -0.4 is 0 Å². The fourth-order valence-corrected chi connectivity index (χ4v) is 5.51. The topological polar surface area (TPSA) is 82.4 Å². The van der Waals surface area contributed by atoms with E-state index in [1.54, 1.807) is 6.20 Å². The van der Waals surface area contributed by atoms with Gasteiger partial charge in [-0.2, -0.15) is 5.26 Å². The SMILES string of the molecule is CC(C)(C)OC(=O)N1CCC2(CC1)CN(C1CCc3cc(-c4cnc(C#N)cn4)ccc31)C2. The number of piperidine rings is 1. The molecular formula is C26H31N5O2. The van der Waals surface area contributed by atoms with Crippen LogP contribution in [0.5, 0.6) is 0 Å². The highest BCUT2D eigenvalue weighted by Gasteiger charge is 2.48. The lowest BCUT2D eigenvalue weighted by molar-refractivity contribution is -0.0716. The van der Waals surface area contributed by atoms with Gasteiger partial charge in [-0.05, 0) is 69.1 Å². The Morgan fingerprint density at radius 3 is 2.58 bits per heavy atom. The molecule has 5 rings (SSSR count). The van der Waals surface area contributed by atoms with Crippen molar-refractivity contribution in [3.63, 3.8) is 0 Å². The summed E-state index contributed by atoms with van der Waals surface area (Å²) in [6.45, 7) is 9.56. The monoisotopic (exact) mass is 445 g/mol. The highest BCUT2D eigenvalue weighted by Crippen LogP contribution is 2.48. The van der Waals surface area contributed by atoms with Gasteiger partial charge in [0.25, 0.3) is 0 Å². The van der Waals surface area contributed by atoms with Gasteiger partial charge in [-0.25, -0.2) is 9.78 Å². The van der Waals surface area contributed by atoms with Crippen LogP contribution in [0.2, 0.25) is 0 Å². The zero-order valence-corrected chi connectivity index (χ0v) is 19.7. The second kappa shape index (κ2) is 8.11. The molecule has 3 aliphatic rings. The predicted molar refractivity (Wildman–Crippen MR) is 124 cm³/mol. The Labute approximate surface area is 195 Å². The van der Waals surface area contributed by atoms with Crippen molar-refractivity contribution in [1.29, 1.82) is 5.26 Å². The van der Waals surface area contributed by atoms with E-state index in [0.717, 1.165) is 63.1 Å². The second-order valence-electron chi connectivity index (χ2n) is 10.7. The van der Waals surface area contributed by atoms with Gasteiger partial charge >= 0.3 is 6.09 Å². The minimum atomic E-state index is -0.443. The number of fused-ring (bicyclic) bond motifs is 1. The number of aromatic nitrogens is 2. The number of nitriles is 1. The Morgan fingerprint density at radius 1 is 1.18 bits per heavy atom. The van der Waals surface area contributed by atoms with Crippen molar-refractivity contribution in [3.05, 3.63) is 47.4 Å². The maximum atomic E-state index is 12.4. The van der Waals surface area contributed by atoms with Crippen LogP contribution in [0, 0.1) is 16.7 Å². The summed E-state index contributed by atoms with van der Waals surface area (Å²) in [5.74, 6) is 0. The van der Waals surface area contributed by atoms with Crippen molar-refractivity contribution in [2.24, 2.45) is 5.41 Å². The zero-order valence-electron chi connectivity index (χ0n) is 19.7. The molecule has 0 bridgehead atoms. The minimum Gasteiger partial charge on any atom is -0.444 e. The smallest absolute Gasteiger partial charge is 0.410 e. The lowest BCUT2D eigenvalue weighted by Gasteiger charge is -2.56. The molecule has 2 aromatic rings. The summed E-state index contributed by atoms with van der Waals surface area (Å²) >= 11 is 0. The second-order valence-corrected chi connectivity index (χ2v) is 10.7. The molecule has 172 valence electrons. The van der Waals surface area contributed by atoms with E-state index < -0.39 is 5.60 Å². The molecule has 0 radical (unpaired) electrons. The molecule has 1 unspecified atom stereocenters.